The third-order valence-corrected chi connectivity index (χ3v) is 12.4. The predicted molar refractivity (Wildman–Crippen MR) is 217 cm³/mol. The van der Waals surface area contributed by atoms with E-state index >= 15 is 0 Å². The van der Waals surface area contributed by atoms with Gasteiger partial charge in [0.25, 0.3) is 0 Å². The molecule has 3 N–H and O–H groups in total. The molecule has 0 aliphatic heterocycles. The normalized spacial score (nSPS) is 15.7. The lowest BCUT2D eigenvalue weighted by Crippen LogP contribution is -2.36. The van der Waals surface area contributed by atoms with Crippen molar-refractivity contribution in [1.82, 2.24) is 0 Å². The first-order chi connectivity index (χ1) is 23.9. The Morgan fingerprint density at radius 1 is 0.429 bits per heavy atom. The molecule has 0 fully saturated rings. The monoisotopic (exact) mass is 776 g/mol. The molecule has 0 aromatic rings. The van der Waals surface area contributed by atoms with E-state index in [0.717, 1.165) is 112 Å². The van der Waals surface area contributed by atoms with E-state index in [1.54, 1.807) is 0 Å². The highest BCUT2D eigenvalue weighted by Gasteiger charge is 2.30. The minimum Gasteiger partial charge on any atom is -0.396 e. The van der Waals surface area contributed by atoms with Crippen molar-refractivity contribution in [2.75, 3.05) is 120 Å². The Bertz CT molecular complexity index is 631. The van der Waals surface area contributed by atoms with Crippen LogP contribution in [0.1, 0.15) is 97.8 Å². The summed E-state index contributed by atoms with van der Waals surface area (Å²) < 4.78 is 29.6. The maximum absolute atomic E-state index is 10.1. The van der Waals surface area contributed by atoms with Gasteiger partial charge >= 0.3 is 0 Å². The second-order valence-corrected chi connectivity index (χ2v) is 16.9. The fourth-order valence-corrected chi connectivity index (χ4v) is 7.19. The molecule has 12 heteroatoms. The van der Waals surface area contributed by atoms with E-state index in [-0.39, 0.29) is 36.1 Å². The van der Waals surface area contributed by atoms with Crippen molar-refractivity contribution >= 4 is 48.8 Å². The van der Waals surface area contributed by atoms with Crippen molar-refractivity contribution in [2.45, 2.75) is 97.8 Å². The quantitative estimate of drug-likeness (QED) is 0.0328. The first-order valence-electron chi connectivity index (χ1n) is 19.0. The lowest BCUT2D eigenvalue weighted by atomic mass is 9.81. The zero-order valence-electron chi connectivity index (χ0n) is 31.5. The predicted octanol–water partition coefficient (Wildman–Crippen LogP) is 7.07. The summed E-state index contributed by atoms with van der Waals surface area (Å²) in [6.07, 6.45) is 11.9. The Balaban J connectivity index is 3.90. The number of ether oxygens (including phenoxy) is 5. The molecule has 0 aromatic carbocycles. The molecule has 0 rings (SSSR count). The first kappa shape index (κ1) is 50.1. The molecule has 0 amide bonds. The molecule has 0 spiro atoms. The standard InChI is InChI=1S/C37H76O8S4/c1-4-35(27-38,15-8-7-9-21-46)30-42-17-11-23-48-24-13-19-44-33-37(6-3,29-40)34-45-20-14-26-49-25-12-18-43-32-36(5-2,28-39)31-41-16-10-22-47/h38-40,46-47H,4-34H2,1-3H3. The molecule has 0 aliphatic rings. The van der Waals surface area contributed by atoms with E-state index in [2.05, 4.69) is 46.0 Å². The van der Waals surface area contributed by atoms with E-state index in [0.29, 0.717) is 59.5 Å². The van der Waals surface area contributed by atoms with Crippen LogP contribution >= 0.6 is 48.8 Å². The van der Waals surface area contributed by atoms with E-state index in [9.17, 15) is 15.3 Å². The van der Waals surface area contributed by atoms with Gasteiger partial charge in [-0.1, -0.05) is 33.6 Å². The summed E-state index contributed by atoms with van der Waals surface area (Å²) in [6.45, 7) is 12.8. The SMILES string of the molecule is CCC(CO)(CCCCCS)COCCCSCCCOCC(CC)(CO)COCCCSCCCOCC(CC)(CO)COCCCS. The lowest BCUT2D eigenvalue weighted by Gasteiger charge is -2.30. The van der Waals surface area contributed by atoms with Gasteiger partial charge < -0.3 is 39.0 Å². The van der Waals surface area contributed by atoms with Crippen LogP contribution in [-0.4, -0.2) is 136 Å². The molecule has 3 unspecified atom stereocenters. The number of aliphatic hydroxyl groups is 3. The molecular formula is C37H76O8S4. The van der Waals surface area contributed by atoms with Crippen LogP contribution in [0.2, 0.25) is 0 Å². The topological polar surface area (TPSA) is 107 Å². The molecule has 3 atom stereocenters. The molecule has 0 saturated heterocycles. The summed E-state index contributed by atoms with van der Waals surface area (Å²) >= 11 is 12.3. The van der Waals surface area contributed by atoms with E-state index < -0.39 is 0 Å². The average molecular weight is 777 g/mol. The van der Waals surface area contributed by atoms with Crippen LogP contribution in [0.3, 0.4) is 0 Å². The zero-order chi connectivity index (χ0) is 36.4. The van der Waals surface area contributed by atoms with Gasteiger partial charge in [-0.3, -0.25) is 0 Å². The number of thioether (sulfide) groups is 2. The van der Waals surface area contributed by atoms with Crippen LogP contribution in [0.4, 0.5) is 0 Å². The number of thiol groups is 2. The van der Waals surface area contributed by atoms with Gasteiger partial charge in [0, 0.05) is 49.3 Å². The van der Waals surface area contributed by atoms with Crippen LogP contribution < -0.4 is 0 Å². The van der Waals surface area contributed by atoms with Crippen LogP contribution in [0.25, 0.3) is 0 Å². The minimum atomic E-state index is -0.344. The van der Waals surface area contributed by atoms with Crippen molar-refractivity contribution in [3.05, 3.63) is 0 Å². The first-order valence-corrected chi connectivity index (χ1v) is 22.6. The average Bonchev–Trinajstić information content (AvgIpc) is 3.14. The molecule has 0 heterocycles. The molecule has 0 saturated carbocycles. The second kappa shape index (κ2) is 34.8. The Morgan fingerprint density at radius 3 is 1.06 bits per heavy atom. The summed E-state index contributed by atoms with van der Waals surface area (Å²) in [7, 11) is 0. The number of rotatable bonds is 40. The van der Waals surface area contributed by atoms with Gasteiger partial charge in [0.1, 0.15) is 0 Å². The van der Waals surface area contributed by atoms with Gasteiger partial charge in [0.2, 0.25) is 0 Å². The summed E-state index contributed by atoms with van der Waals surface area (Å²) in [5.74, 6) is 5.92. The van der Waals surface area contributed by atoms with Gasteiger partial charge in [-0.2, -0.15) is 48.8 Å². The van der Waals surface area contributed by atoms with Gasteiger partial charge in [-0.15, -0.1) is 0 Å². The summed E-state index contributed by atoms with van der Waals surface area (Å²) in [6, 6.07) is 0. The fourth-order valence-electron chi connectivity index (χ4n) is 5.14. The van der Waals surface area contributed by atoms with Crippen LogP contribution in [0.15, 0.2) is 0 Å². The van der Waals surface area contributed by atoms with Crippen LogP contribution in [-0.2, 0) is 23.7 Å². The summed E-state index contributed by atoms with van der Waals surface area (Å²) in [5.41, 5.74) is -0.762. The maximum Gasteiger partial charge on any atom is 0.0566 e. The molecule has 296 valence electrons. The number of hydrogen-bond acceptors (Lipinski definition) is 12. The van der Waals surface area contributed by atoms with Gasteiger partial charge in [-0.25, -0.2) is 0 Å². The molecule has 0 aliphatic carbocycles. The molecule has 49 heavy (non-hydrogen) atoms. The van der Waals surface area contributed by atoms with E-state index in [1.165, 1.54) is 6.42 Å². The van der Waals surface area contributed by atoms with Crippen molar-refractivity contribution in [2.24, 2.45) is 16.2 Å². The second-order valence-electron chi connectivity index (χ2n) is 13.5. The smallest absolute Gasteiger partial charge is 0.0566 e. The van der Waals surface area contributed by atoms with E-state index in [4.69, 9.17) is 23.7 Å². The van der Waals surface area contributed by atoms with E-state index in [1.807, 2.05) is 23.5 Å². The van der Waals surface area contributed by atoms with Gasteiger partial charge in [-0.05, 0) is 98.7 Å². The van der Waals surface area contributed by atoms with Crippen molar-refractivity contribution in [1.29, 1.82) is 0 Å². The molecule has 8 nitrogen and oxygen atoms in total. The molecule has 0 aromatic heterocycles. The highest BCUT2D eigenvalue weighted by atomic mass is 32.2. The number of aliphatic hydroxyl groups excluding tert-OH is 3. The Labute approximate surface area is 320 Å². The van der Waals surface area contributed by atoms with Crippen LogP contribution in [0, 0.1) is 16.2 Å². The van der Waals surface area contributed by atoms with Crippen molar-refractivity contribution < 1.29 is 39.0 Å². The highest BCUT2D eigenvalue weighted by Crippen LogP contribution is 2.29. The largest absolute Gasteiger partial charge is 0.396 e. The van der Waals surface area contributed by atoms with Crippen molar-refractivity contribution in [3.63, 3.8) is 0 Å². The Kier molecular flexibility index (Phi) is 35.6. The summed E-state index contributed by atoms with van der Waals surface area (Å²) in [4.78, 5) is 0. The zero-order valence-corrected chi connectivity index (χ0v) is 34.9. The lowest BCUT2D eigenvalue weighted by molar-refractivity contribution is -0.0525. The molecule has 0 radical (unpaired) electrons. The number of unbranched alkanes of at least 4 members (excludes halogenated alkanes) is 2. The fraction of sp³-hybridized carbons (Fsp3) is 1.00. The third kappa shape index (κ3) is 25.7. The van der Waals surface area contributed by atoms with Crippen molar-refractivity contribution in [3.8, 4) is 0 Å². The summed E-state index contributed by atoms with van der Waals surface area (Å²) in [5, 5.41) is 30.0. The Hall–Kier alpha value is 1.08. The minimum absolute atomic E-state index is 0.0651. The third-order valence-electron chi connectivity index (χ3n) is 9.42. The molecular weight excluding hydrogens is 701 g/mol. The Morgan fingerprint density at radius 2 is 0.755 bits per heavy atom. The van der Waals surface area contributed by atoms with Gasteiger partial charge in [0.15, 0.2) is 0 Å². The van der Waals surface area contributed by atoms with Gasteiger partial charge in [0.05, 0.1) is 52.9 Å². The maximum atomic E-state index is 10.1. The molecule has 0 bridgehead atoms. The van der Waals surface area contributed by atoms with Crippen LogP contribution in [0.5, 0.6) is 0 Å². The highest BCUT2D eigenvalue weighted by molar-refractivity contribution is 7.99. The number of hydrogen-bond donors (Lipinski definition) is 5.